The summed E-state index contributed by atoms with van der Waals surface area (Å²) in [4.78, 5) is 4.90. The van der Waals surface area contributed by atoms with E-state index in [4.69, 9.17) is 5.73 Å². The van der Waals surface area contributed by atoms with Crippen LogP contribution in [0.3, 0.4) is 0 Å². The molecule has 0 aromatic heterocycles. The summed E-state index contributed by atoms with van der Waals surface area (Å²) in [5.74, 6) is 0. The summed E-state index contributed by atoms with van der Waals surface area (Å²) in [5.41, 5.74) is 10.4. The summed E-state index contributed by atoms with van der Waals surface area (Å²) in [6, 6.07) is 6.98. The van der Waals surface area contributed by atoms with Gasteiger partial charge in [0.15, 0.2) is 0 Å². The SMILES string of the molecule is CCCN(Cc1ccc2c(c1)CCN2C)CC(C)(C)CN. The third-order valence-electron chi connectivity index (χ3n) is 4.42. The Bertz CT molecular complexity index is 468. The maximum absolute atomic E-state index is 5.90. The van der Waals surface area contributed by atoms with Gasteiger partial charge in [-0.3, -0.25) is 4.90 Å². The van der Waals surface area contributed by atoms with Crippen LogP contribution >= 0.6 is 0 Å². The highest BCUT2D eigenvalue weighted by atomic mass is 15.1. The highest BCUT2D eigenvalue weighted by Crippen LogP contribution is 2.28. The highest BCUT2D eigenvalue weighted by molar-refractivity contribution is 5.58. The van der Waals surface area contributed by atoms with Gasteiger partial charge in [0.25, 0.3) is 0 Å². The molecule has 3 heteroatoms. The molecule has 1 aliphatic rings. The minimum Gasteiger partial charge on any atom is -0.374 e. The van der Waals surface area contributed by atoms with Crippen LogP contribution in [0.4, 0.5) is 5.69 Å². The van der Waals surface area contributed by atoms with Gasteiger partial charge in [0.2, 0.25) is 0 Å². The number of nitrogens with zero attached hydrogens (tertiary/aromatic N) is 2. The van der Waals surface area contributed by atoms with E-state index >= 15 is 0 Å². The molecule has 1 aliphatic heterocycles. The fraction of sp³-hybridized carbons (Fsp3) is 0.667. The predicted octanol–water partition coefficient (Wildman–Crippen LogP) is 2.88. The lowest BCUT2D eigenvalue weighted by atomic mass is 9.92. The number of likely N-dealkylation sites (N-methyl/N-ethyl adjacent to an activating group) is 1. The monoisotopic (exact) mass is 289 g/mol. The van der Waals surface area contributed by atoms with Crippen molar-refractivity contribution in [2.24, 2.45) is 11.1 Å². The van der Waals surface area contributed by atoms with Crippen LogP contribution in [-0.4, -0.2) is 38.1 Å². The van der Waals surface area contributed by atoms with Gasteiger partial charge in [0.05, 0.1) is 0 Å². The fourth-order valence-electron chi connectivity index (χ4n) is 3.18. The first-order valence-electron chi connectivity index (χ1n) is 8.20. The minimum atomic E-state index is 0.187. The van der Waals surface area contributed by atoms with Crippen LogP contribution in [0.5, 0.6) is 0 Å². The number of hydrogen-bond acceptors (Lipinski definition) is 3. The zero-order valence-corrected chi connectivity index (χ0v) is 14.2. The van der Waals surface area contributed by atoms with E-state index in [1.54, 1.807) is 0 Å². The van der Waals surface area contributed by atoms with Crippen molar-refractivity contribution in [3.63, 3.8) is 0 Å². The summed E-state index contributed by atoms with van der Waals surface area (Å²) in [5, 5.41) is 0. The molecule has 0 fully saturated rings. The zero-order valence-electron chi connectivity index (χ0n) is 14.2. The smallest absolute Gasteiger partial charge is 0.0397 e. The number of nitrogens with two attached hydrogens (primary N) is 1. The molecule has 0 atom stereocenters. The van der Waals surface area contributed by atoms with Crippen LogP contribution in [-0.2, 0) is 13.0 Å². The van der Waals surface area contributed by atoms with Crippen molar-refractivity contribution in [3.8, 4) is 0 Å². The third-order valence-corrected chi connectivity index (χ3v) is 4.42. The Kier molecular flexibility index (Phi) is 5.28. The first kappa shape index (κ1) is 16.3. The molecule has 1 heterocycles. The fourth-order valence-corrected chi connectivity index (χ4v) is 3.18. The molecule has 2 N–H and O–H groups in total. The molecular formula is C18H31N3. The van der Waals surface area contributed by atoms with Gasteiger partial charge < -0.3 is 10.6 Å². The highest BCUT2D eigenvalue weighted by Gasteiger charge is 2.21. The first-order valence-corrected chi connectivity index (χ1v) is 8.20. The van der Waals surface area contributed by atoms with Gasteiger partial charge in [-0.05, 0) is 48.5 Å². The summed E-state index contributed by atoms with van der Waals surface area (Å²) in [7, 11) is 2.18. The first-order chi connectivity index (χ1) is 9.95. The molecule has 0 bridgehead atoms. The summed E-state index contributed by atoms with van der Waals surface area (Å²) in [6.07, 6.45) is 2.37. The van der Waals surface area contributed by atoms with Crippen molar-refractivity contribution >= 4 is 5.69 Å². The molecule has 0 unspecified atom stereocenters. The number of rotatable bonds is 7. The normalized spacial score (nSPS) is 14.9. The largest absolute Gasteiger partial charge is 0.374 e. The van der Waals surface area contributed by atoms with Gasteiger partial charge in [-0.15, -0.1) is 0 Å². The average Bonchev–Trinajstić information content (AvgIpc) is 2.80. The Morgan fingerprint density at radius 1 is 1.33 bits per heavy atom. The molecule has 1 aromatic rings. The summed E-state index contributed by atoms with van der Waals surface area (Å²) in [6.45, 7) is 11.9. The van der Waals surface area contributed by atoms with E-state index in [1.807, 2.05) is 0 Å². The average molecular weight is 289 g/mol. The van der Waals surface area contributed by atoms with E-state index in [1.165, 1.54) is 29.7 Å². The molecule has 0 saturated carbocycles. The molecule has 0 spiro atoms. The summed E-state index contributed by atoms with van der Waals surface area (Å²) < 4.78 is 0. The third kappa shape index (κ3) is 4.21. The van der Waals surface area contributed by atoms with E-state index < -0.39 is 0 Å². The van der Waals surface area contributed by atoms with Crippen molar-refractivity contribution in [2.45, 2.75) is 40.2 Å². The molecule has 0 aliphatic carbocycles. The summed E-state index contributed by atoms with van der Waals surface area (Å²) >= 11 is 0. The van der Waals surface area contributed by atoms with Crippen molar-refractivity contribution in [1.82, 2.24) is 4.90 Å². The Balaban J connectivity index is 2.07. The molecule has 0 saturated heterocycles. The van der Waals surface area contributed by atoms with Crippen molar-refractivity contribution in [1.29, 1.82) is 0 Å². The predicted molar refractivity (Wildman–Crippen MR) is 91.8 cm³/mol. The van der Waals surface area contributed by atoms with E-state index in [-0.39, 0.29) is 5.41 Å². The number of anilines is 1. The van der Waals surface area contributed by atoms with E-state index in [2.05, 4.69) is 55.8 Å². The van der Waals surface area contributed by atoms with Crippen LogP contribution in [0, 0.1) is 5.41 Å². The lowest BCUT2D eigenvalue weighted by molar-refractivity contribution is 0.176. The molecule has 0 amide bonds. The number of hydrogen-bond donors (Lipinski definition) is 1. The topological polar surface area (TPSA) is 32.5 Å². The number of fused-ring (bicyclic) bond motifs is 1. The second-order valence-corrected chi connectivity index (χ2v) is 7.21. The van der Waals surface area contributed by atoms with E-state index in [0.29, 0.717) is 0 Å². The Morgan fingerprint density at radius 3 is 2.76 bits per heavy atom. The van der Waals surface area contributed by atoms with Crippen molar-refractivity contribution in [3.05, 3.63) is 29.3 Å². The minimum absolute atomic E-state index is 0.187. The zero-order chi connectivity index (χ0) is 15.5. The lowest BCUT2D eigenvalue weighted by Crippen LogP contribution is -2.38. The van der Waals surface area contributed by atoms with Gasteiger partial charge in [-0.25, -0.2) is 0 Å². The van der Waals surface area contributed by atoms with Crippen molar-refractivity contribution < 1.29 is 0 Å². The molecule has 118 valence electrons. The molecule has 1 aromatic carbocycles. The van der Waals surface area contributed by atoms with E-state index in [9.17, 15) is 0 Å². The Hall–Kier alpha value is -1.06. The van der Waals surface area contributed by atoms with Crippen LogP contribution < -0.4 is 10.6 Å². The van der Waals surface area contributed by atoms with Gasteiger partial charge in [-0.1, -0.05) is 32.9 Å². The lowest BCUT2D eigenvalue weighted by Gasteiger charge is -2.31. The number of benzene rings is 1. The molecule has 0 radical (unpaired) electrons. The maximum atomic E-state index is 5.90. The molecule has 2 rings (SSSR count). The molecular weight excluding hydrogens is 258 g/mol. The second kappa shape index (κ2) is 6.80. The van der Waals surface area contributed by atoms with Gasteiger partial charge in [0.1, 0.15) is 0 Å². The van der Waals surface area contributed by atoms with Gasteiger partial charge in [-0.2, -0.15) is 0 Å². The van der Waals surface area contributed by atoms with E-state index in [0.717, 1.165) is 32.7 Å². The Labute approximate surface area is 130 Å². The quantitative estimate of drug-likeness (QED) is 0.838. The maximum Gasteiger partial charge on any atom is 0.0397 e. The van der Waals surface area contributed by atoms with Crippen LogP contribution in [0.2, 0.25) is 0 Å². The van der Waals surface area contributed by atoms with Crippen molar-refractivity contribution in [2.75, 3.05) is 38.1 Å². The molecule has 3 nitrogen and oxygen atoms in total. The Morgan fingerprint density at radius 2 is 2.10 bits per heavy atom. The molecule has 21 heavy (non-hydrogen) atoms. The van der Waals surface area contributed by atoms with Crippen LogP contribution in [0.1, 0.15) is 38.3 Å². The van der Waals surface area contributed by atoms with Crippen LogP contribution in [0.25, 0.3) is 0 Å². The van der Waals surface area contributed by atoms with Gasteiger partial charge in [0, 0.05) is 32.4 Å². The second-order valence-electron chi connectivity index (χ2n) is 7.21. The van der Waals surface area contributed by atoms with Gasteiger partial charge >= 0.3 is 0 Å². The van der Waals surface area contributed by atoms with Crippen LogP contribution in [0.15, 0.2) is 18.2 Å². The standard InChI is InChI=1S/C18H31N3/c1-5-9-21(14-18(2,3)13-19)12-15-6-7-17-16(11-15)8-10-20(17)4/h6-7,11H,5,8-10,12-14,19H2,1-4H3.